The standard InChI is InChI=1S/C24H24N4O2S/c1-16(29)18-3-2-4-19(13-18)27-24-26-12-11-22(28-24)23-10-9-21(31-23)15-25-14-17-5-7-20(30)8-6-17/h2-13,16,25,29-30H,14-15H2,1H3,(H,26,27,28). The Labute approximate surface area is 185 Å². The average molecular weight is 433 g/mol. The molecule has 31 heavy (non-hydrogen) atoms. The van der Waals surface area contributed by atoms with E-state index < -0.39 is 6.10 Å². The Morgan fingerprint density at radius 2 is 1.84 bits per heavy atom. The van der Waals surface area contributed by atoms with Gasteiger partial charge in [0.05, 0.1) is 16.7 Å². The second-order valence-electron chi connectivity index (χ2n) is 7.23. The molecule has 2 aromatic carbocycles. The summed E-state index contributed by atoms with van der Waals surface area (Å²) in [5.41, 5.74) is 3.66. The Morgan fingerprint density at radius 1 is 1.00 bits per heavy atom. The topological polar surface area (TPSA) is 90.3 Å². The predicted molar refractivity (Wildman–Crippen MR) is 124 cm³/mol. The lowest BCUT2D eigenvalue weighted by atomic mass is 10.1. The molecule has 0 radical (unpaired) electrons. The molecule has 0 saturated carbocycles. The van der Waals surface area contributed by atoms with E-state index in [-0.39, 0.29) is 5.75 Å². The molecule has 4 rings (SSSR count). The van der Waals surface area contributed by atoms with Gasteiger partial charge in [0, 0.05) is 29.9 Å². The molecule has 0 bridgehead atoms. The van der Waals surface area contributed by atoms with Gasteiger partial charge >= 0.3 is 0 Å². The first-order chi connectivity index (χ1) is 15.1. The Bertz CT molecular complexity index is 1140. The molecule has 7 heteroatoms. The zero-order valence-corrected chi connectivity index (χ0v) is 17.9. The van der Waals surface area contributed by atoms with Gasteiger partial charge in [-0.15, -0.1) is 11.3 Å². The average Bonchev–Trinajstić information content (AvgIpc) is 3.25. The molecule has 0 spiro atoms. The number of aromatic hydroxyl groups is 1. The maximum atomic E-state index is 9.77. The van der Waals surface area contributed by atoms with Crippen LogP contribution >= 0.6 is 11.3 Å². The fourth-order valence-corrected chi connectivity index (χ4v) is 4.06. The summed E-state index contributed by atoms with van der Waals surface area (Å²) in [6.45, 7) is 3.23. The number of aromatic nitrogens is 2. The second-order valence-corrected chi connectivity index (χ2v) is 8.40. The number of aliphatic hydroxyl groups is 1. The zero-order chi connectivity index (χ0) is 21.6. The minimum atomic E-state index is -0.527. The molecule has 2 heterocycles. The van der Waals surface area contributed by atoms with Crippen LogP contribution < -0.4 is 10.6 Å². The lowest BCUT2D eigenvalue weighted by Gasteiger charge is -2.09. The summed E-state index contributed by atoms with van der Waals surface area (Å²) in [7, 11) is 0. The van der Waals surface area contributed by atoms with E-state index in [0.29, 0.717) is 5.95 Å². The van der Waals surface area contributed by atoms with Crippen molar-refractivity contribution in [2.45, 2.75) is 26.1 Å². The van der Waals surface area contributed by atoms with E-state index in [9.17, 15) is 10.2 Å². The highest BCUT2D eigenvalue weighted by molar-refractivity contribution is 7.15. The summed E-state index contributed by atoms with van der Waals surface area (Å²) in [5, 5.41) is 25.8. The Hall–Kier alpha value is -3.26. The number of benzene rings is 2. The third-order valence-electron chi connectivity index (χ3n) is 4.76. The molecule has 4 N–H and O–H groups in total. The van der Waals surface area contributed by atoms with Crippen LogP contribution in [0.3, 0.4) is 0 Å². The fourth-order valence-electron chi connectivity index (χ4n) is 3.12. The van der Waals surface area contributed by atoms with Gasteiger partial charge in [0.2, 0.25) is 5.95 Å². The normalized spacial score (nSPS) is 11.9. The van der Waals surface area contributed by atoms with Gasteiger partial charge in [-0.05, 0) is 60.5 Å². The second kappa shape index (κ2) is 9.70. The molecule has 0 aliphatic heterocycles. The number of thiophene rings is 1. The number of hydrogen-bond donors (Lipinski definition) is 4. The molecule has 0 aliphatic rings. The number of phenolic OH excluding ortho intramolecular Hbond substituents is 1. The van der Waals surface area contributed by atoms with Crippen molar-refractivity contribution in [1.29, 1.82) is 0 Å². The van der Waals surface area contributed by atoms with E-state index >= 15 is 0 Å². The number of nitrogens with one attached hydrogen (secondary N) is 2. The van der Waals surface area contributed by atoms with Crippen LogP contribution in [-0.4, -0.2) is 20.2 Å². The highest BCUT2D eigenvalue weighted by Crippen LogP contribution is 2.28. The van der Waals surface area contributed by atoms with E-state index in [1.807, 2.05) is 42.5 Å². The number of nitrogens with zero attached hydrogens (tertiary/aromatic N) is 2. The van der Waals surface area contributed by atoms with Crippen molar-refractivity contribution in [3.8, 4) is 16.3 Å². The van der Waals surface area contributed by atoms with Crippen molar-refractivity contribution in [2.24, 2.45) is 0 Å². The molecule has 2 aromatic heterocycles. The van der Waals surface area contributed by atoms with Crippen molar-refractivity contribution in [3.63, 3.8) is 0 Å². The van der Waals surface area contributed by atoms with E-state index in [0.717, 1.165) is 40.5 Å². The summed E-state index contributed by atoms with van der Waals surface area (Å²) < 4.78 is 0. The van der Waals surface area contributed by atoms with E-state index in [1.54, 1.807) is 36.6 Å². The van der Waals surface area contributed by atoms with Gasteiger partial charge in [-0.2, -0.15) is 0 Å². The molecule has 4 aromatic rings. The molecular formula is C24H24N4O2S. The van der Waals surface area contributed by atoms with E-state index in [4.69, 9.17) is 0 Å². The number of hydrogen-bond acceptors (Lipinski definition) is 7. The molecule has 0 aliphatic carbocycles. The first-order valence-corrected chi connectivity index (χ1v) is 10.8. The summed E-state index contributed by atoms with van der Waals surface area (Å²) in [6, 6.07) is 20.9. The third-order valence-corrected chi connectivity index (χ3v) is 5.87. The maximum Gasteiger partial charge on any atom is 0.227 e. The largest absolute Gasteiger partial charge is 0.508 e. The summed E-state index contributed by atoms with van der Waals surface area (Å²) in [6.07, 6.45) is 1.22. The van der Waals surface area contributed by atoms with E-state index in [1.165, 1.54) is 4.88 Å². The van der Waals surface area contributed by atoms with Crippen LogP contribution in [0.25, 0.3) is 10.6 Å². The minimum Gasteiger partial charge on any atom is -0.508 e. The molecule has 1 unspecified atom stereocenters. The summed E-state index contributed by atoms with van der Waals surface area (Å²) in [4.78, 5) is 11.3. The highest BCUT2D eigenvalue weighted by Gasteiger charge is 2.08. The van der Waals surface area contributed by atoms with Crippen LogP contribution in [0.4, 0.5) is 11.6 Å². The Morgan fingerprint density at radius 3 is 2.65 bits per heavy atom. The zero-order valence-electron chi connectivity index (χ0n) is 17.1. The van der Waals surface area contributed by atoms with Gasteiger partial charge in [0.15, 0.2) is 0 Å². The number of anilines is 2. The van der Waals surface area contributed by atoms with Gasteiger partial charge in [-0.25, -0.2) is 9.97 Å². The predicted octanol–water partition coefficient (Wildman–Crippen LogP) is 5.00. The number of rotatable bonds is 8. The quantitative estimate of drug-likeness (QED) is 0.313. The van der Waals surface area contributed by atoms with Gasteiger partial charge in [0.25, 0.3) is 0 Å². The number of aliphatic hydroxyl groups excluding tert-OH is 1. The summed E-state index contributed by atoms with van der Waals surface area (Å²) >= 11 is 1.69. The lowest BCUT2D eigenvalue weighted by molar-refractivity contribution is 0.199. The van der Waals surface area contributed by atoms with Gasteiger partial charge < -0.3 is 20.8 Å². The third kappa shape index (κ3) is 5.67. The first kappa shape index (κ1) is 21.0. The molecule has 0 fully saturated rings. The fraction of sp³-hybridized carbons (Fsp3) is 0.167. The SMILES string of the molecule is CC(O)c1cccc(Nc2nccc(-c3ccc(CNCc4ccc(O)cc4)s3)n2)c1. The highest BCUT2D eigenvalue weighted by atomic mass is 32.1. The van der Waals surface area contributed by atoms with Crippen LogP contribution in [-0.2, 0) is 13.1 Å². The van der Waals surface area contributed by atoms with Crippen molar-refractivity contribution in [3.05, 3.63) is 88.9 Å². The van der Waals surface area contributed by atoms with Crippen LogP contribution in [0.5, 0.6) is 5.75 Å². The van der Waals surface area contributed by atoms with Crippen LogP contribution in [0.1, 0.15) is 29.0 Å². The Kier molecular flexibility index (Phi) is 6.57. The maximum absolute atomic E-state index is 9.77. The molecule has 6 nitrogen and oxygen atoms in total. The van der Waals surface area contributed by atoms with Crippen molar-refractivity contribution in [1.82, 2.24) is 15.3 Å². The summed E-state index contributed by atoms with van der Waals surface area (Å²) in [5.74, 6) is 0.793. The molecule has 0 amide bonds. The van der Waals surface area contributed by atoms with Crippen LogP contribution in [0.15, 0.2) is 72.9 Å². The van der Waals surface area contributed by atoms with E-state index in [2.05, 4.69) is 32.7 Å². The Balaban J connectivity index is 1.39. The molecule has 158 valence electrons. The smallest absolute Gasteiger partial charge is 0.227 e. The van der Waals surface area contributed by atoms with Crippen molar-refractivity contribution < 1.29 is 10.2 Å². The van der Waals surface area contributed by atoms with Gasteiger partial charge in [-0.1, -0.05) is 24.3 Å². The van der Waals surface area contributed by atoms with Gasteiger partial charge in [-0.3, -0.25) is 0 Å². The molecule has 1 atom stereocenters. The molecular weight excluding hydrogens is 408 g/mol. The monoisotopic (exact) mass is 432 g/mol. The number of phenols is 1. The first-order valence-electron chi connectivity index (χ1n) is 10.0. The lowest BCUT2D eigenvalue weighted by Crippen LogP contribution is -2.11. The van der Waals surface area contributed by atoms with Crippen LogP contribution in [0.2, 0.25) is 0 Å². The van der Waals surface area contributed by atoms with Gasteiger partial charge in [0.1, 0.15) is 5.75 Å². The molecule has 0 saturated heterocycles. The minimum absolute atomic E-state index is 0.279. The van der Waals surface area contributed by atoms with Crippen LogP contribution in [0, 0.1) is 0 Å². The van der Waals surface area contributed by atoms with Crippen molar-refractivity contribution >= 4 is 23.0 Å². The van der Waals surface area contributed by atoms with Crippen molar-refractivity contribution in [2.75, 3.05) is 5.32 Å².